The lowest BCUT2D eigenvalue weighted by Gasteiger charge is -2.07. The number of methoxy groups -OCH3 is 1. The third-order valence-electron chi connectivity index (χ3n) is 2.16. The van der Waals surface area contributed by atoms with E-state index in [1.165, 1.54) is 17.8 Å². The van der Waals surface area contributed by atoms with E-state index in [1.807, 2.05) is 6.07 Å². The van der Waals surface area contributed by atoms with Crippen molar-refractivity contribution in [3.63, 3.8) is 0 Å². The van der Waals surface area contributed by atoms with Gasteiger partial charge in [-0.1, -0.05) is 6.07 Å². The Morgan fingerprint density at radius 2 is 2.29 bits per heavy atom. The SMILES string of the molecule is COCCNCc1ccc(SCCO)c(F)c1. The molecule has 3 nitrogen and oxygen atoms in total. The molecule has 0 unspecified atom stereocenters. The van der Waals surface area contributed by atoms with E-state index in [-0.39, 0.29) is 12.4 Å². The van der Waals surface area contributed by atoms with Crippen molar-refractivity contribution in [1.29, 1.82) is 0 Å². The number of benzene rings is 1. The van der Waals surface area contributed by atoms with Gasteiger partial charge in [-0.25, -0.2) is 4.39 Å². The summed E-state index contributed by atoms with van der Waals surface area (Å²) < 4.78 is 18.5. The highest BCUT2D eigenvalue weighted by molar-refractivity contribution is 7.99. The Kier molecular flexibility index (Phi) is 7.19. The molecule has 1 aromatic carbocycles. The van der Waals surface area contributed by atoms with Gasteiger partial charge in [-0.15, -0.1) is 11.8 Å². The monoisotopic (exact) mass is 259 g/mol. The van der Waals surface area contributed by atoms with Crippen LogP contribution in [0.5, 0.6) is 0 Å². The van der Waals surface area contributed by atoms with E-state index in [1.54, 1.807) is 13.2 Å². The van der Waals surface area contributed by atoms with Gasteiger partial charge in [0.15, 0.2) is 0 Å². The van der Waals surface area contributed by atoms with Gasteiger partial charge in [-0.05, 0) is 17.7 Å². The molecule has 17 heavy (non-hydrogen) atoms. The second-order valence-electron chi connectivity index (χ2n) is 3.51. The summed E-state index contributed by atoms with van der Waals surface area (Å²) in [5.74, 6) is 0.289. The summed E-state index contributed by atoms with van der Waals surface area (Å²) in [5, 5.41) is 11.8. The predicted octanol–water partition coefficient (Wildman–Crippen LogP) is 1.65. The van der Waals surface area contributed by atoms with Gasteiger partial charge in [0.25, 0.3) is 0 Å². The Labute approximate surface area is 105 Å². The summed E-state index contributed by atoms with van der Waals surface area (Å²) in [6.45, 7) is 2.09. The zero-order valence-electron chi connectivity index (χ0n) is 9.91. The summed E-state index contributed by atoms with van der Waals surface area (Å²) in [4.78, 5) is 0.583. The van der Waals surface area contributed by atoms with Crippen molar-refractivity contribution < 1.29 is 14.2 Å². The number of rotatable bonds is 8. The molecule has 0 aliphatic rings. The quantitative estimate of drug-likeness (QED) is 0.550. The first-order chi connectivity index (χ1) is 8.27. The molecule has 2 N–H and O–H groups in total. The number of hydrogen-bond donors (Lipinski definition) is 2. The number of aliphatic hydroxyl groups is 1. The Morgan fingerprint density at radius 3 is 2.94 bits per heavy atom. The lowest BCUT2D eigenvalue weighted by molar-refractivity contribution is 0.199. The van der Waals surface area contributed by atoms with Crippen LogP contribution in [0.15, 0.2) is 23.1 Å². The van der Waals surface area contributed by atoms with Crippen molar-refractivity contribution in [2.24, 2.45) is 0 Å². The summed E-state index contributed by atoms with van der Waals surface area (Å²) in [6.07, 6.45) is 0. The molecule has 0 saturated carbocycles. The van der Waals surface area contributed by atoms with Crippen molar-refractivity contribution >= 4 is 11.8 Å². The molecule has 0 fully saturated rings. The minimum Gasteiger partial charge on any atom is -0.396 e. The highest BCUT2D eigenvalue weighted by atomic mass is 32.2. The van der Waals surface area contributed by atoms with Crippen molar-refractivity contribution in [1.82, 2.24) is 5.32 Å². The third-order valence-corrected chi connectivity index (χ3v) is 3.19. The van der Waals surface area contributed by atoms with Crippen LogP contribution >= 0.6 is 11.8 Å². The van der Waals surface area contributed by atoms with Crippen molar-refractivity contribution in [2.45, 2.75) is 11.4 Å². The zero-order chi connectivity index (χ0) is 12.5. The Balaban J connectivity index is 2.44. The van der Waals surface area contributed by atoms with Gasteiger partial charge in [-0.3, -0.25) is 0 Å². The molecule has 0 atom stereocenters. The van der Waals surface area contributed by atoms with Crippen LogP contribution in [0.2, 0.25) is 0 Å². The van der Waals surface area contributed by atoms with Gasteiger partial charge >= 0.3 is 0 Å². The molecule has 0 spiro atoms. The molecule has 0 aliphatic carbocycles. The first-order valence-electron chi connectivity index (χ1n) is 5.49. The van der Waals surface area contributed by atoms with E-state index in [2.05, 4.69) is 5.32 Å². The minimum absolute atomic E-state index is 0.0600. The predicted molar refractivity (Wildman–Crippen MR) is 67.8 cm³/mol. The number of halogens is 1. The molecule has 0 aromatic heterocycles. The Morgan fingerprint density at radius 1 is 1.47 bits per heavy atom. The van der Waals surface area contributed by atoms with Crippen LogP contribution in [0.25, 0.3) is 0 Å². The number of nitrogens with one attached hydrogen (secondary N) is 1. The molecule has 5 heteroatoms. The number of thioether (sulfide) groups is 1. The number of aliphatic hydroxyl groups excluding tert-OH is 1. The number of hydrogen-bond acceptors (Lipinski definition) is 4. The van der Waals surface area contributed by atoms with Gasteiger partial charge in [0.05, 0.1) is 13.2 Å². The van der Waals surface area contributed by atoms with Gasteiger partial charge < -0.3 is 15.2 Å². The lowest BCUT2D eigenvalue weighted by Crippen LogP contribution is -2.18. The molecule has 96 valence electrons. The first kappa shape index (κ1) is 14.4. The molecule has 0 saturated heterocycles. The summed E-state index contributed by atoms with van der Waals surface area (Å²) in [6, 6.07) is 5.17. The standard InChI is InChI=1S/C12H18FNO2S/c1-16-6-4-14-9-10-2-3-12(11(13)8-10)17-7-5-15/h2-3,8,14-15H,4-7,9H2,1H3. The van der Waals surface area contributed by atoms with E-state index in [0.717, 1.165) is 12.1 Å². The summed E-state index contributed by atoms with van der Waals surface area (Å²) in [5.41, 5.74) is 0.909. The van der Waals surface area contributed by atoms with Crippen LogP contribution in [0, 0.1) is 5.82 Å². The van der Waals surface area contributed by atoms with Crippen LogP contribution in [0.1, 0.15) is 5.56 Å². The van der Waals surface area contributed by atoms with E-state index in [9.17, 15) is 4.39 Å². The largest absolute Gasteiger partial charge is 0.396 e. The Hall–Kier alpha value is -0.620. The van der Waals surface area contributed by atoms with Crippen LogP contribution in [-0.4, -0.2) is 37.7 Å². The van der Waals surface area contributed by atoms with E-state index in [0.29, 0.717) is 23.8 Å². The number of ether oxygens (including phenoxy) is 1. The Bertz CT molecular complexity index is 336. The second kappa shape index (κ2) is 8.47. The fraction of sp³-hybridized carbons (Fsp3) is 0.500. The van der Waals surface area contributed by atoms with Gasteiger partial charge in [0.2, 0.25) is 0 Å². The van der Waals surface area contributed by atoms with Crippen LogP contribution in [0.4, 0.5) is 4.39 Å². The van der Waals surface area contributed by atoms with Crippen LogP contribution in [-0.2, 0) is 11.3 Å². The lowest BCUT2D eigenvalue weighted by atomic mass is 10.2. The van der Waals surface area contributed by atoms with Gasteiger partial charge in [-0.2, -0.15) is 0 Å². The smallest absolute Gasteiger partial charge is 0.137 e. The van der Waals surface area contributed by atoms with Crippen molar-refractivity contribution in [3.05, 3.63) is 29.6 Å². The molecule has 0 heterocycles. The molecular weight excluding hydrogens is 241 g/mol. The normalized spacial score (nSPS) is 10.8. The highest BCUT2D eigenvalue weighted by Gasteiger charge is 2.03. The maximum absolute atomic E-state index is 13.6. The first-order valence-corrected chi connectivity index (χ1v) is 6.48. The van der Waals surface area contributed by atoms with E-state index < -0.39 is 0 Å². The van der Waals surface area contributed by atoms with Gasteiger partial charge in [0, 0.05) is 30.8 Å². The molecule has 0 aliphatic heterocycles. The van der Waals surface area contributed by atoms with Crippen LogP contribution in [0.3, 0.4) is 0 Å². The fourth-order valence-electron chi connectivity index (χ4n) is 1.33. The molecule has 1 aromatic rings. The minimum atomic E-state index is -0.227. The second-order valence-corrected chi connectivity index (χ2v) is 4.64. The van der Waals surface area contributed by atoms with Gasteiger partial charge in [0.1, 0.15) is 5.82 Å². The van der Waals surface area contributed by atoms with Crippen molar-refractivity contribution in [3.8, 4) is 0 Å². The average Bonchev–Trinajstić information content (AvgIpc) is 2.34. The summed E-state index contributed by atoms with van der Waals surface area (Å²) in [7, 11) is 1.65. The fourth-order valence-corrected chi connectivity index (χ4v) is 2.01. The molecular formula is C12H18FNO2S. The third kappa shape index (κ3) is 5.50. The molecule has 0 radical (unpaired) electrons. The topological polar surface area (TPSA) is 41.5 Å². The van der Waals surface area contributed by atoms with E-state index >= 15 is 0 Å². The van der Waals surface area contributed by atoms with Crippen LogP contribution < -0.4 is 5.32 Å². The maximum atomic E-state index is 13.6. The molecule has 0 amide bonds. The maximum Gasteiger partial charge on any atom is 0.137 e. The zero-order valence-corrected chi connectivity index (χ0v) is 10.7. The molecule has 1 rings (SSSR count). The summed E-state index contributed by atoms with van der Waals surface area (Å²) >= 11 is 1.32. The average molecular weight is 259 g/mol. The highest BCUT2D eigenvalue weighted by Crippen LogP contribution is 2.22. The van der Waals surface area contributed by atoms with E-state index in [4.69, 9.17) is 9.84 Å². The van der Waals surface area contributed by atoms with Crippen molar-refractivity contribution in [2.75, 3.05) is 32.6 Å². The molecule has 0 bridgehead atoms.